The summed E-state index contributed by atoms with van der Waals surface area (Å²) in [7, 11) is 0. The molecule has 1 aromatic carbocycles. The van der Waals surface area contributed by atoms with Crippen molar-refractivity contribution in [3.05, 3.63) is 34.9 Å². The highest BCUT2D eigenvalue weighted by atomic mass is 35.5. The predicted molar refractivity (Wildman–Crippen MR) is 90.9 cm³/mol. The zero-order chi connectivity index (χ0) is 17.0. The lowest BCUT2D eigenvalue weighted by Gasteiger charge is -2.38. The first kappa shape index (κ1) is 17.8. The van der Waals surface area contributed by atoms with Gasteiger partial charge in [-0.1, -0.05) is 37.1 Å². The van der Waals surface area contributed by atoms with Gasteiger partial charge >= 0.3 is 0 Å². The molecule has 0 bridgehead atoms. The van der Waals surface area contributed by atoms with E-state index in [4.69, 9.17) is 17.3 Å². The summed E-state index contributed by atoms with van der Waals surface area (Å²) in [4.78, 5) is 28.1. The van der Waals surface area contributed by atoms with Crippen LogP contribution in [0, 0.1) is 0 Å². The van der Waals surface area contributed by atoms with E-state index in [0.717, 1.165) is 12.0 Å². The Balaban J connectivity index is 1.96. The summed E-state index contributed by atoms with van der Waals surface area (Å²) in [6, 6.07) is 7.44. The van der Waals surface area contributed by atoms with Crippen LogP contribution >= 0.6 is 11.6 Å². The summed E-state index contributed by atoms with van der Waals surface area (Å²) < 4.78 is 0. The van der Waals surface area contributed by atoms with Crippen molar-refractivity contribution in [1.29, 1.82) is 0 Å². The van der Waals surface area contributed by atoms with Gasteiger partial charge in [0, 0.05) is 24.7 Å². The van der Waals surface area contributed by atoms with Gasteiger partial charge < -0.3 is 15.5 Å². The van der Waals surface area contributed by atoms with E-state index < -0.39 is 5.54 Å². The number of rotatable bonds is 5. The fourth-order valence-electron chi connectivity index (χ4n) is 2.85. The first-order chi connectivity index (χ1) is 10.8. The van der Waals surface area contributed by atoms with Crippen molar-refractivity contribution in [2.75, 3.05) is 19.6 Å². The third kappa shape index (κ3) is 4.45. The van der Waals surface area contributed by atoms with E-state index in [2.05, 4.69) is 0 Å². The molecule has 0 aliphatic carbocycles. The highest BCUT2D eigenvalue weighted by molar-refractivity contribution is 6.30. The van der Waals surface area contributed by atoms with Crippen molar-refractivity contribution >= 4 is 23.4 Å². The molecule has 0 saturated carbocycles. The third-order valence-corrected chi connectivity index (χ3v) is 4.40. The molecular formula is C17H24ClN3O2. The second-order valence-corrected chi connectivity index (χ2v) is 6.77. The minimum atomic E-state index is -0.895. The second kappa shape index (κ2) is 7.32. The quantitative estimate of drug-likeness (QED) is 0.894. The van der Waals surface area contributed by atoms with Crippen LogP contribution in [0.1, 0.15) is 32.3 Å². The zero-order valence-corrected chi connectivity index (χ0v) is 14.5. The number of piperazine rings is 1. The Labute approximate surface area is 142 Å². The Hall–Kier alpha value is -1.59. The van der Waals surface area contributed by atoms with Crippen LogP contribution in [0.5, 0.6) is 0 Å². The molecule has 23 heavy (non-hydrogen) atoms. The molecule has 1 heterocycles. The second-order valence-electron chi connectivity index (χ2n) is 6.34. The summed E-state index contributed by atoms with van der Waals surface area (Å²) >= 11 is 5.87. The summed E-state index contributed by atoms with van der Waals surface area (Å²) in [5.41, 5.74) is 6.22. The third-order valence-electron chi connectivity index (χ3n) is 4.15. The standard InChI is InChI=1S/C17H24ClN3O2/c1-3-8-17(2,19)16(23)21-10-9-20(15(22)12-21)11-13-4-6-14(18)7-5-13/h4-7H,3,8-12,19H2,1-2H3. The van der Waals surface area contributed by atoms with Crippen molar-refractivity contribution in [3.8, 4) is 0 Å². The predicted octanol–water partition coefficient (Wildman–Crippen LogP) is 2.03. The number of hydrogen-bond donors (Lipinski definition) is 1. The van der Waals surface area contributed by atoms with E-state index in [-0.39, 0.29) is 18.4 Å². The van der Waals surface area contributed by atoms with Crippen molar-refractivity contribution in [1.82, 2.24) is 9.80 Å². The summed E-state index contributed by atoms with van der Waals surface area (Å²) in [6.45, 7) is 5.41. The molecule has 6 heteroatoms. The fourth-order valence-corrected chi connectivity index (χ4v) is 2.97. The Morgan fingerprint density at radius 3 is 2.52 bits per heavy atom. The van der Waals surface area contributed by atoms with Gasteiger partial charge in [-0.05, 0) is 31.0 Å². The summed E-state index contributed by atoms with van der Waals surface area (Å²) in [5.74, 6) is -0.189. The maximum absolute atomic E-state index is 12.5. The lowest BCUT2D eigenvalue weighted by atomic mass is 9.95. The van der Waals surface area contributed by atoms with Crippen LogP contribution < -0.4 is 5.73 Å². The highest BCUT2D eigenvalue weighted by Crippen LogP contribution is 2.17. The normalized spacial score (nSPS) is 18.0. The monoisotopic (exact) mass is 337 g/mol. The molecule has 1 atom stereocenters. The number of halogens is 1. The number of nitrogens with zero attached hydrogens (tertiary/aromatic N) is 2. The molecule has 1 aromatic rings. The number of carbonyl (C=O) groups is 2. The number of hydrogen-bond acceptors (Lipinski definition) is 3. The molecular weight excluding hydrogens is 314 g/mol. The van der Waals surface area contributed by atoms with Crippen LogP contribution in [0.3, 0.4) is 0 Å². The number of nitrogens with two attached hydrogens (primary N) is 1. The Morgan fingerprint density at radius 2 is 1.96 bits per heavy atom. The summed E-state index contributed by atoms with van der Waals surface area (Å²) in [6.07, 6.45) is 1.45. The summed E-state index contributed by atoms with van der Waals surface area (Å²) in [5, 5.41) is 0.675. The minimum Gasteiger partial charge on any atom is -0.335 e. The molecule has 0 radical (unpaired) electrons. The molecule has 1 saturated heterocycles. The minimum absolute atomic E-state index is 0.0492. The van der Waals surface area contributed by atoms with Crippen molar-refractivity contribution in [2.45, 2.75) is 38.8 Å². The van der Waals surface area contributed by atoms with Crippen molar-refractivity contribution in [3.63, 3.8) is 0 Å². The molecule has 1 aliphatic heterocycles. The van der Waals surface area contributed by atoms with Gasteiger partial charge in [0.1, 0.15) is 0 Å². The van der Waals surface area contributed by atoms with E-state index in [0.29, 0.717) is 31.1 Å². The van der Waals surface area contributed by atoms with E-state index in [1.165, 1.54) is 0 Å². The molecule has 126 valence electrons. The Kier molecular flexibility index (Phi) is 5.65. The molecule has 0 aromatic heterocycles. The van der Waals surface area contributed by atoms with Crippen LogP contribution in [-0.4, -0.2) is 46.8 Å². The van der Waals surface area contributed by atoms with Crippen LogP contribution in [0.15, 0.2) is 24.3 Å². The van der Waals surface area contributed by atoms with Crippen molar-refractivity contribution in [2.24, 2.45) is 5.73 Å². The van der Waals surface area contributed by atoms with E-state index >= 15 is 0 Å². The number of carbonyl (C=O) groups excluding carboxylic acids is 2. The molecule has 5 nitrogen and oxygen atoms in total. The van der Waals surface area contributed by atoms with Gasteiger partial charge in [-0.2, -0.15) is 0 Å². The van der Waals surface area contributed by atoms with Crippen LogP contribution in [0.4, 0.5) is 0 Å². The average molecular weight is 338 g/mol. The lowest BCUT2D eigenvalue weighted by Crippen LogP contribution is -2.59. The fraction of sp³-hybridized carbons (Fsp3) is 0.529. The van der Waals surface area contributed by atoms with E-state index in [1.807, 2.05) is 31.2 Å². The molecule has 2 N–H and O–H groups in total. The lowest BCUT2D eigenvalue weighted by molar-refractivity contribution is -0.148. The SMILES string of the molecule is CCCC(C)(N)C(=O)N1CCN(Cc2ccc(Cl)cc2)C(=O)C1. The molecule has 2 amide bonds. The maximum Gasteiger partial charge on any atom is 0.242 e. The Bertz CT molecular complexity index is 572. The molecule has 1 aliphatic rings. The smallest absolute Gasteiger partial charge is 0.242 e. The average Bonchev–Trinajstić information content (AvgIpc) is 2.50. The molecule has 0 spiro atoms. The zero-order valence-electron chi connectivity index (χ0n) is 13.7. The van der Waals surface area contributed by atoms with Crippen molar-refractivity contribution < 1.29 is 9.59 Å². The number of amides is 2. The van der Waals surface area contributed by atoms with Gasteiger partial charge in [-0.15, -0.1) is 0 Å². The van der Waals surface area contributed by atoms with E-state index in [9.17, 15) is 9.59 Å². The first-order valence-electron chi connectivity index (χ1n) is 7.94. The molecule has 2 rings (SSSR count). The van der Waals surface area contributed by atoms with E-state index in [1.54, 1.807) is 16.7 Å². The molecule has 1 fully saturated rings. The van der Waals surface area contributed by atoms with Crippen LogP contribution in [0.2, 0.25) is 5.02 Å². The van der Waals surface area contributed by atoms with Gasteiger partial charge in [0.15, 0.2) is 0 Å². The largest absolute Gasteiger partial charge is 0.335 e. The topological polar surface area (TPSA) is 66.6 Å². The van der Waals surface area contributed by atoms with Gasteiger partial charge in [0.2, 0.25) is 11.8 Å². The van der Waals surface area contributed by atoms with Gasteiger partial charge in [0.25, 0.3) is 0 Å². The molecule has 1 unspecified atom stereocenters. The van der Waals surface area contributed by atoms with Crippen LogP contribution in [-0.2, 0) is 16.1 Å². The van der Waals surface area contributed by atoms with Crippen LogP contribution in [0.25, 0.3) is 0 Å². The first-order valence-corrected chi connectivity index (χ1v) is 8.32. The number of benzene rings is 1. The van der Waals surface area contributed by atoms with Gasteiger partial charge in [-0.3, -0.25) is 9.59 Å². The highest BCUT2D eigenvalue weighted by Gasteiger charge is 2.35. The van der Waals surface area contributed by atoms with Gasteiger partial charge in [0.05, 0.1) is 12.1 Å². The Morgan fingerprint density at radius 1 is 1.30 bits per heavy atom. The maximum atomic E-state index is 12.5. The van der Waals surface area contributed by atoms with Gasteiger partial charge in [-0.25, -0.2) is 0 Å².